The van der Waals surface area contributed by atoms with Crippen LogP contribution in [0.15, 0.2) is 46.9 Å². The molecule has 2 rings (SSSR count). The van der Waals surface area contributed by atoms with Gasteiger partial charge in [-0.3, -0.25) is 13.9 Å². The first-order valence-corrected chi connectivity index (χ1v) is 14.3. The Kier molecular flexibility index (Phi) is 10.3. The summed E-state index contributed by atoms with van der Waals surface area (Å²) in [7, 11) is -3.53. The van der Waals surface area contributed by atoms with Crippen LogP contribution >= 0.6 is 15.9 Å². The summed E-state index contributed by atoms with van der Waals surface area (Å²) in [6, 6.07) is 12.5. The molecule has 1 N–H and O–H groups in total. The van der Waals surface area contributed by atoms with E-state index in [0.29, 0.717) is 12.1 Å². The van der Waals surface area contributed by atoms with Crippen LogP contribution in [-0.4, -0.2) is 50.0 Å². The van der Waals surface area contributed by atoms with Crippen molar-refractivity contribution in [1.82, 2.24) is 10.2 Å². The van der Waals surface area contributed by atoms with Crippen molar-refractivity contribution in [2.24, 2.45) is 0 Å². The van der Waals surface area contributed by atoms with E-state index in [2.05, 4.69) is 21.2 Å². The molecule has 1 atom stereocenters. The number of sulfonamides is 1. The lowest BCUT2D eigenvalue weighted by molar-refractivity contribution is -0.140. The molecule has 7 nitrogen and oxygen atoms in total. The number of hydrogen-bond donors (Lipinski definition) is 1. The van der Waals surface area contributed by atoms with Crippen LogP contribution in [0.25, 0.3) is 0 Å². The second-order valence-electron chi connectivity index (χ2n) is 9.27. The fourth-order valence-electron chi connectivity index (χ4n) is 3.87. The van der Waals surface area contributed by atoms with E-state index in [9.17, 15) is 18.0 Å². The van der Waals surface area contributed by atoms with E-state index < -0.39 is 16.1 Å². The molecule has 2 aromatic rings. The van der Waals surface area contributed by atoms with Gasteiger partial charge < -0.3 is 10.2 Å². The Morgan fingerprint density at radius 3 is 2.09 bits per heavy atom. The molecule has 0 fully saturated rings. The summed E-state index contributed by atoms with van der Waals surface area (Å²) >= 11 is 3.41. The Labute approximate surface area is 218 Å². The zero-order chi connectivity index (χ0) is 26.3. The number of carbonyl (C=O) groups is 2. The lowest BCUT2D eigenvalue weighted by atomic mass is 10.1. The third kappa shape index (κ3) is 8.96. The van der Waals surface area contributed by atoms with Crippen molar-refractivity contribution in [2.75, 3.05) is 17.1 Å². The topological polar surface area (TPSA) is 86.8 Å². The molecule has 0 heterocycles. The van der Waals surface area contributed by atoms with E-state index in [-0.39, 0.29) is 37.4 Å². The minimum absolute atomic E-state index is 0.0457. The molecule has 0 spiro atoms. The molecular weight excluding hydrogens is 530 g/mol. The summed E-state index contributed by atoms with van der Waals surface area (Å²) in [6.07, 6.45) is 1.62. The molecule has 0 aliphatic heterocycles. The number of carbonyl (C=O) groups excluding carboxylic acids is 2. The SMILES string of the molecule is Cc1cc(C)cc(N(CCCC(=O)N(Cc2ccc(Br)cc2)C(C)C(=O)NC(C)C)S(C)(=O)=O)c1. The van der Waals surface area contributed by atoms with Gasteiger partial charge in [-0.15, -0.1) is 0 Å². The number of amides is 2. The fourth-order valence-corrected chi connectivity index (χ4v) is 5.09. The van der Waals surface area contributed by atoms with Crippen molar-refractivity contribution in [3.05, 3.63) is 63.6 Å². The van der Waals surface area contributed by atoms with E-state index in [1.54, 1.807) is 11.8 Å². The van der Waals surface area contributed by atoms with Gasteiger partial charge in [0.2, 0.25) is 21.8 Å². The largest absolute Gasteiger partial charge is 0.352 e. The smallest absolute Gasteiger partial charge is 0.242 e. The van der Waals surface area contributed by atoms with Gasteiger partial charge in [0, 0.05) is 30.0 Å². The highest BCUT2D eigenvalue weighted by molar-refractivity contribution is 9.10. The number of rotatable bonds is 11. The summed E-state index contributed by atoms with van der Waals surface area (Å²) < 4.78 is 27.3. The Balaban J connectivity index is 2.19. The highest BCUT2D eigenvalue weighted by Gasteiger charge is 2.27. The van der Waals surface area contributed by atoms with Gasteiger partial charge in [-0.1, -0.05) is 34.1 Å². The van der Waals surface area contributed by atoms with Crippen LogP contribution in [-0.2, 0) is 26.2 Å². The highest BCUT2D eigenvalue weighted by atomic mass is 79.9. The molecular formula is C26H36BrN3O4S. The zero-order valence-electron chi connectivity index (χ0n) is 21.3. The summed E-state index contributed by atoms with van der Waals surface area (Å²) in [5.74, 6) is -0.424. The van der Waals surface area contributed by atoms with Crippen LogP contribution in [0.4, 0.5) is 5.69 Å². The standard InChI is InChI=1S/C26H36BrN3O4S/c1-18(2)28-26(32)21(5)29(17-22-9-11-23(27)12-10-22)25(31)8-7-13-30(35(6,33)34)24-15-19(3)14-20(4)16-24/h9-12,14-16,18,21H,7-8,13,17H2,1-6H3,(H,28,32). The normalized spacial score (nSPS) is 12.3. The van der Waals surface area contributed by atoms with Crippen LogP contribution in [0, 0.1) is 13.8 Å². The van der Waals surface area contributed by atoms with Crippen molar-refractivity contribution in [2.45, 2.75) is 66.1 Å². The van der Waals surface area contributed by atoms with Gasteiger partial charge in [-0.2, -0.15) is 0 Å². The number of halogens is 1. The molecule has 2 aromatic carbocycles. The van der Waals surface area contributed by atoms with E-state index in [0.717, 1.165) is 21.2 Å². The minimum Gasteiger partial charge on any atom is -0.352 e. The molecule has 0 aliphatic carbocycles. The average molecular weight is 567 g/mol. The van der Waals surface area contributed by atoms with Crippen LogP contribution in [0.1, 0.15) is 50.3 Å². The lowest BCUT2D eigenvalue weighted by Crippen LogP contribution is -2.49. The Morgan fingerprint density at radius 2 is 1.57 bits per heavy atom. The predicted molar refractivity (Wildman–Crippen MR) is 145 cm³/mol. The summed E-state index contributed by atoms with van der Waals surface area (Å²) in [4.78, 5) is 27.6. The van der Waals surface area contributed by atoms with Crippen LogP contribution in [0.5, 0.6) is 0 Å². The third-order valence-electron chi connectivity index (χ3n) is 5.51. The summed E-state index contributed by atoms with van der Waals surface area (Å²) in [5.41, 5.74) is 3.43. The molecule has 1 unspecified atom stereocenters. The number of anilines is 1. The molecule has 9 heteroatoms. The molecule has 35 heavy (non-hydrogen) atoms. The molecule has 0 radical (unpaired) electrons. The molecule has 192 valence electrons. The van der Waals surface area contributed by atoms with E-state index >= 15 is 0 Å². The first-order chi connectivity index (χ1) is 16.3. The zero-order valence-corrected chi connectivity index (χ0v) is 23.7. The first-order valence-electron chi connectivity index (χ1n) is 11.7. The Hall–Kier alpha value is -2.39. The van der Waals surface area contributed by atoms with E-state index in [1.807, 2.05) is 70.2 Å². The van der Waals surface area contributed by atoms with Gasteiger partial charge in [0.05, 0.1) is 11.9 Å². The van der Waals surface area contributed by atoms with Crippen molar-refractivity contribution >= 4 is 43.5 Å². The fraction of sp³-hybridized carbons (Fsp3) is 0.462. The van der Waals surface area contributed by atoms with Crippen molar-refractivity contribution in [3.8, 4) is 0 Å². The molecule has 0 bridgehead atoms. The third-order valence-corrected chi connectivity index (χ3v) is 7.23. The van der Waals surface area contributed by atoms with Gasteiger partial charge in [0.25, 0.3) is 0 Å². The monoisotopic (exact) mass is 565 g/mol. The second-order valence-corrected chi connectivity index (χ2v) is 12.1. The maximum absolute atomic E-state index is 13.3. The highest BCUT2D eigenvalue weighted by Crippen LogP contribution is 2.22. The van der Waals surface area contributed by atoms with Crippen molar-refractivity contribution in [1.29, 1.82) is 0 Å². The Bertz CT molecular complexity index is 1110. The van der Waals surface area contributed by atoms with Gasteiger partial charge in [0.1, 0.15) is 6.04 Å². The maximum Gasteiger partial charge on any atom is 0.242 e. The number of nitrogens with one attached hydrogen (secondary N) is 1. The minimum atomic E-state index is -3.53. The maximum atomic E-state index is 13.3. The number of nitrogens with zero attached hydrogens (tertiary/aromatic N) is 2. The number of hydrogen-bond acceptors (Lipinski definition) is 4. The van der Waals surface area contributed by atoms with Gasteiger partial charge in [-0.05, 0) is 82.0 Å². The predicted octanol–water partition coefficient (Wildman–Crippen LogP) is 4.55. The molecule has 0 saturated heterocycles. The van der Waals surface area contributed by atoms with Gasteiger partial charge >= 0.3 is 0 Å². The van der Waals surface area contributed by atoms with E-state index in [1.165, 1.54) is 10.6 Å². The lowest BCUT2D eigenvalue weighted by Gasteiger charge is -2.30. The van der Waals surface area contributed by atoms with Crippen LogP contribution in [0.3, 0.4) is 0 Å². The number of benzene rings is 2. The van der Waals surface area contributed by atoms with Crippen LogP contribution < -0.4 is 9.62 Å². The number of aryl methyl sites for hydroxylation is 2. The van der Waals surface area contributed by atoms with Gasteiger partial charge in [-0.25, -0.2) is 8.42 Å². The molecule has 2 amide bonds. The van der Waals surface area contributed by atoms with Gasteiger partial charge in [0.15, 0.2) is 0 Å². The van der Waals surface area contributed by atoms with Crippen LogP contribution in [0.2, 0.25) is 0 Å². The summed E-state index contributed by atoms with van der Waals surface area (Å²) in [5, 5.41) is 2.87. The molecule has 0 aromatic heterocycles. The first kappa shape index (κ1) is 28.8. The summed E-state index contributed by atoms with van der Waals surface area (Å²) in [6.45, 7) is 9.76. The average Bonchev–Trinajstić information content (AvgIpc) is 2.73. The van der Waals surface area contributed by atoms with Crippen molar-refractivity contribution in [3.63, 3.8) is 0 Å². The van der Waals surface area contributed by atoms with E-state index in [4.69, 9.17) is 0 Å². The quantitative estimate of drug-likeness (QED) is 0.433. The van der Waals surface area contributed by atoms with Crippen molar-refractivity contribution < 1.29 is 18.0 Å². The molecule has 0 saturated carbocycles. The Morgan fingerprint density at radius 1 is 1.00 bits per heavy atom. The molecule has 0 aliphatic rings. The second kappa shape index (κ2) is 12.5.